The molecule has 1 fully saturated rings. The molecule has 2 amide bonds. The average Bonchev–Trinajstić information content (AvgIpc) is 2.73. The fraction of sp³-hybridized carbons (Fsp3) is 0.238. The molecular weight excluding hydrogens is 358 g/mol. The summed E-state index contributed by atoms with van der Waals surface area (Å²) in [7, 11) is 0. The first kappa shape index (κ1) is 19.3. The number of piperidine rings is 1. The van der Waals surface area contributed by atoms with Gasteiger partial charge >= 0.3 is 0 Å². The van der Waals surface area contributed by atoms with Crippen LogP contribution in [0.1, 0.15) is 18.4 Å². The van der Waals surface area contributed by atoms with Crippen molar-refractivity contribution in [3.05, 3.63) is 76.4 Å². The Morgan fingerprint density at radius 1 is 1.14 bits per heavy atom. The molecule has 1 N–H and O–H groups in total. The first-order valence-electron chi connectivity index (χ1n) is 9.10. The molecule has 0 aliphatic carbocycles. The van der Waals surface area contributed by atoms with Gasteiger partial charge in [-0.3, -0.25) is 19.7 Å². The van der Waals surface area contributed by atoms with Crippen molar-refractivity contribution in [3.8, 4) is 0 Å². The molecule has 0 bridgehead atoms. The molecule has 1 heterocycles. The molecule has 1 aliphatic heterocycles. The minimum absolute atomic E-state index is 0.0229. The van der Waals surface area contributed by atoms with Crippen LogP contribution < -0.4 is 5.32 Å². The summed E-state index contributed by atoms with van der Waals surface area (Å²) < 4.78 is 0. The summed E-state index contributed by atoms with van der Waals surface area (Å²) in [6.07, 6.45) is 4.44. The Kier molecular flexibility index (Phi) is 6.16. The molecule has 28 heavy (non-hydrogen) atoms. The zero-order valence-electron chi connectivity index (χ0n) is 15.3. The normalized spacial score (nSPS) is 16.7. The molecule has 1 atom stereocenters. The average molecular weight is 379 g/mol. The zero-order chi connectivity index (χ0) is 19.9. The fourth-order valence-electron chi connectivity index (χ4n) is 3.17. The molecule has 7 nitrogen and oxygen atoms in total. The quantitative estimate of drug-likeness (QED) is 0.489. The van der Waals surface area contributed by atoms with E-state index in [0.29, 0.717) is 18.7 Å². The molecule has 1 unspecified atom stereocenters. The number of likely N-dealkylation sites (tertiary alicyclic amines) is 1. The molecule has 0 saturated carbocycles. The van der Waals surface area contributed by atoms with Gasteiger partial charge in [0.25, 0.3) is 5.69 Å². The highest BCUT2D eigenvalue weighted by Gasteiger charge is 2.27. The molecule has 7 heteroatoms. The zero-order valence-corrected chi connectivity index (χ0v) is 15.3. The molecule has 144 valence electrons. The first-order chi connectivity index (χ1) is 13.5. The van der Waals surface area contributed by atoms with Gasteiger partial charge in [0.05, 0.1) is 10.8 Å². The Labute approximate surface area is 162 Å². The maximum Gasteiger partial charge on any atom is 0.270 e. The lowest BCUT2D eigenvalue weighted by atomic mass is 9.97. The van der Waals surface area contributed by atoms with Crippen LogP contribution in [0.15, 0.2) is 60.7 Å². The third-order valence-electron chi connectivity index (χ3n) is 4.64. The van der Waals surface area contributed by atoms with Gasteiger partial charge in [-0.15, -0.1) is 0 Å². The van der Waals surface area contributed by atoms with Gasteiger partial charge in [0, 0.05) is 37.0 Å². The summed E-state index contributed by atoms with van der Waals surface area (Å²) in [5.74, 6) is -0.556. The van der Waals surface area contributed by atoms with Crippen LogP contribution in [-0.2, 0) is 9.59 Å². The summed E-state index contributed by atoms with van der Waals surface area (Å²) in [6.45, 7) is 0.948. The maximum atomic E-state index is 12.5. The van der Waals surface area contributed by atoms with Crippen molar-refractivity contribution >= 4 is 29.3 Å². The number of para-hydroxylation sites is 1. The molecule has 2 aromatic carbocycles. The Morgan fingerprint density at radius 2 is 1.93 bits per heavy atom. The Balaban J connectivity index is 1.60. The van der Waals surface area contributed by atoms with Crippen molar-refractivity contribution in [2.75, 3.05) is 18.4 Å². The van der Waals surface area contributed by atoms with Gasteiger partial charge in [0.15, 0.2) is 0 Å². The predicted molar refractivity (Wildman–Crippen MR) is 107 cm³/mol. The van der Waals surface area contributed by atoms with Crippen LogP contribution in [0.3, 0.4) is 0 Å². The van der Waals surface area contributed by atoms with Crippen LogP contribution in [0.5, 0.6) is 0 Å². The summed E-state index contributed by atoms with van der Waals surface area (Å²) in [4.78, 5) is 37.0. The van der Waals surface area contributed by atoms with E-state index >= 15 is 0 Å². The number of anilines is 1. The molecule has 0 spiro atoms. The summed E-state index contributed by atoms with van der Waals surface area (Å²) in [6, 6.07) is 15.3. The highest BCUT2D eigenvalue weighted by molar-refractivity contribution is 5.95. The Morgan fingerprint density at radius 3 is 2.68 bits per heavy atom. The number of nitro benzene ring substituents is 1. The SMILES string of the molecule is O=C(Nc1ccccc1)C1CCCN(C(=O)/C=C/c2cccc([N+](=O)[O-])c2)C1. The van der Waals surface area contributed by atoms with Crippen molar-refractivity contribution in [1.29, 1.82) is 0 Å². The van der Waals surface area contributed by atoms with Crippen LogP contribution in [0.4, 0.5) is 11.4 Å². The Hall–Kier alpha value is -3.48. The topological polar surface area (TPSA) is 92.6 Å². The largest absolute Gasteiger partial charge is 0.338 e. The summed E-state index contributed by atoms with van der Waals surface area (Å²) in [5.41, 5.74) is 1.30. The van der Waals surface area contributed by atoms with Crippen molar-refractivity contribution < 1.29 is 14.5 Å². The number of hydrogen-bond donors (Lipinski definition) is 1. The van der Waals surface area contributed by atoms with E-state index in [1.807, 2.05) is 30.3 Å². The number of nitro groups is 1. The second kappa shape index (κ2) is 8.94. The van der Waals surface area contributed by atoms with Gasteiger partial charge in [0.2, 0.25) is 11.8 Å². The van der Waals surface area contributed by atoms with Crippen molar-refractivity contribution in [1.82, 2.24) is 4.90 Å². The van der Waals surface area contributed by atoms with Gasteiger partial charge in [-0.2, -0.15) is 0 Å². The standard InChI is InChI=1S/C21H21N3O4/c25-20(12-11-16-6-4-10-19(14-16)24(27)28)23-13-5-7-17(15-23)21(26)22-18-8-2-1-3-9-18/h1-4,6,8-12,14,17H,5,7,13,15H2,(H,22,26)/b12-11+. The number of nitrogens with zero attached hydrogens (tertiary/aromatic N) is 2. The minimum atomic E-state index is -0.472. The van der Waals surface area contributed by atoms with Crippen LogP contribution in [0.25, 0.3) is 6.08 Å². The Bertz CT molecular complexity index is 896. The number of non-ortho nitro benzene ring substituents is 1. The number of nitrogens with one attached hydrogen (secondary N) is 1. The third-order valence-corrected chi connectivity index (χ3v) is 4.64. The van der Waals surface area contributed by atoms with Gasteiger partial charge < -0.3 is 10.2 Å². The minimum Gasteiger partial charge on any atom is -0.338 e. The fourth-order valence-corrected chi connectivity index (χ4v) is 3.17. The lowest BCUT2D eigenvalue weighted by Gasteiger charge is -2.31. The van der Waals surface area contributed by atoms with E-state index in [1.54, 1.807) is 23.1 Å². The molecule has 3 rings (SSSR count). The lowest BCUT2D eigenvalue weighted by molar-refractivity contribution is -0.384. The number of benzene rings is 2. The third kappa shape index (κ3) is 5.03. The van der Waals surface area contributed by atoms with Crippen LogP contribution in [0, 0.1) is 16.0 Å². The summed E-state index contributed by atoms with van der Waals surface area (Å²) in [5, 5.41) is 13.7. The van der Waals surface area contributed by atoms with Gasteiger partial charge in [-0.25, -0.2) is 0 Å². The first-order valence-corrected chi connectivity index (χ1v) is 9.10. The van der Waals surface area contributed by atoms with Crippen LogP contribution >= 0.6 is 0 Å². The van der Waals surface area contributed by atoms with E-state index in [-0.39, 0.29) is 23.4 Å². The lowest BCUT2D eigenvalue weighted by Crippen LogP contribution is -2.43. The highest BCUT2D eigenvalue weighted by atomic mass is 16.6. The van der Waals surface area contributed by atoms with Crippen molar-refractivity contribution in [2.24, 2.45) is 5.92 Å². The number of carbonyl (C=O) groups is 2. The second-order valence-electron chi connectivity index (χ2n) is 6.66. The highest BCUT2D eigenvalue weighted by Crippen LogP contribution is 2.20. The molecule has 0 aromatic heterocycles. The number of carbonyl (C=O) groups excluding carboxylic acids is 2. The molecule has 2 aromatic rings. The maximum absolute atomic E-state index is 12.5. The van der Waals surface area contributed by atoms with Crippen LogP contribution in [-0.4, -0.2) is 34.7 Å². The van der Waals surface area contributed by atoms with E-state index in [1.165, 1.54) is 18.2 Å². The molecular formula is C21H21N3O4. The molecule has 1 saturated heterocycles. The van der Waals surface area contributed by atoms with E-state index in [2.05, 4.69) is 5.32 Å². The van der Waals surface area contributed by atoms with Gasteiger partial charge in [-0.1, -0.05) is 30.3 Å². The monoisotopic (exact) mass is 379 g/mol. The van der Waals surface area contributed by atoms with Gasteiger partial charge in [0.1, 0.15) is 0 Å². The molecule has 1 aliphatic rings. The van der Waals surface area contributed by atoms with Crippen molar-refractivity contribution in [2.45, 2.75) is 12.8 Å². The number of amides is 2. The predicted octanol–water partition coefficient (Wildman–Crippen LogP) is 3.49. The van der Waals surface area contributed by atoms with E-state index < -0.39 is 4.92 Å². The van der Waals surface area contributed by atoms with E-state index in [0.717, 1.165) is 18.5 Å². The van der Waals surface area contributed by atoms with Gasteiger partial charge in [-0.05, 0) is 36.6 Å². The summed E-state index contributed by atoms with van der Waals surface area (Å²) >= 11 is 0. The smallest absolute Gasteiger partial charge is 0.270 e. The second-order valence-corrected chi connectivity index (χ2v) is 6.66. The van der Waals surface area contributed by atoms with Crippen molar-refractivity contribution in [3.63, 3.8) is 0 Å². The number of rotatable bonds is 5. The number of hydrogen-bond acceptors (Lipinski definition) is 4. The van der Waals surface area contributed by atoms with E-state index in [4.69, 9.17) is 0 Å². The molecule has 0 radical (unpaired) electrons. The van der Waals surface area contributed by atoms with E-state index in [9.17, 15) is 19.7 Å². The van der Waals surface area contributed by atoms with Crippen LogP contribution in [0.2, 0.25) is 0 Å².